The maximum Gasteiger partial charge on any atom is 0.436 e. The fourth-order valence-corrected chi connectivity index (χ4v) is 0.834. The molecule has 0 rings (SSSR count). The Hall–Kier alpha value is 0.495. The lowest BCUT2D eigenvalue weighted by atomic mass is 9.90. The third-order valence-electron chi connectivity index (χ3n) is 2.12. The minimum atomic E-state index is -2.36. The molecule has 0 aliphatic heterocycles. The Kier molecular flexibility index (Phi) is 10.00. The normalized spacial score (nSPS) is 14.1. The SMILES string of the molecule is CC(C)(O)C(C)(C)O.OBOC(I)CC(F)F. The Bertz CT molecular complexity index is 182. The molecule has 3 N–H and O–H groups in total. The highest BCUT2D eigenvalue weighted by Crippen LogP contribution is 2.19. The zero-order valence-corrected chi connectivity index (χ0v) is 12.6. The summed E-state index contributed by atoms with van der Waals surface area (Å²) in [6.07, 6.45) is -2.69. The van der Waals surface area contributed by atoms with Crippen LogP contribution in [0.15, 0.2) is 0 Å². The van der Waals surface area contributed by atoms with E-state index in [1.54, 1.807) is 50.3 Å². The molecular formula is C9H20BF2IO4. The first-order chi connectivity index (χ1) is 7.41. The Morgan fingerprint density at radius 3 is 1.71 bits per heavy atom. The largest absolute Gasteiger partial charge is 0.436 e. The standard InChI is InChI=1S/C6H14O2.C3H6BF2IO2/c1-5(2,7)6(3,4)8;5-2(6)1-3(7)9-4-8/h7-8H,1-4H3;2-4,8H,1H2. The number of hydrogen-bond donors (Lipinski definition) is 3. The second kappa shape index (κ2) is 8.57. The van der Waals surface area contributed by atoms with Gasteiger partial charge >= 0.3 is 7.69 Å². The average Bonchev–Trinajstić information content (AvgIpc) is 1.99. The first-order valence-electron chi connectivity index (χ1n) is 5.01. The molecule has 0 aromatic carbocycles. The van der Waals surface area contributed by atoms with E-state index in [2.05, 4.69) is 4.65 Å². The molecule has 8 heteroatoms. The summed E-state index contributed by atoms with van der Waals surface area (Å²) in [5, 5.41) is 26.3. The van der Waals surface area contributed by atoms with Gasteiger partial charge < -0.3 is 19.9 Å². The summed E-state index contributed by atoms with van der Waals surface area (Å²) in [6.45, 7) is 6.31. The molecular weight excluding hydrogens is 348 g/mol. The molecule has 0 aliphatic carbocycles. The van der Waals surface area contributed by atoms with Gasteiger partial charge in [-0.25, -0.2) is 8.78 Å². The van der Waals surface area contributed by atoms with Gasteiger partial charge in [-0.1, -0.05) is 22.6 Å². The summed E-state index contributed by atoms with van der Waals surface area (Å²) in [7, 11) is -0.500. The molecule has 0 amide bonds. The Labute approximate surface area is 115 Å². The fourth-order valence-electron chi connectivity index (χ4n) is 0.289. The van der Waals surface area contributed by atoms with Crippen molar-refractivity contribution >= 4 is 30.3 Å². The molecule has 0 aliphatic rings. The predicted molar refractivity (Wildman–Crippen MR) is 71.5 cm³/mol. The predicted octanol–water partition coefficient (Wildman–Crippen LogP) is 1.21. The highest BCUT2D eigenvalue weighted by atomic mass is 127. The van der Waals surface area contributed by atoms with Gasteiger partial charge in [0.2, 0.25) is 6.43 Å². The molecule has 4 nitrogen and oxygen atoms in total. The first-order valence-corrected chi connectivity index (χ1v) is 6.25. The van der Waals surface area contributed by atoms with Crippen molar-refractivity contribution in [3.8, 4) is 0 Å². The monoisotopic (exact) mass is 368 g/mol. The summed E-state index contributed by atoms with van der Waals surface area (Å²) in [6, 6.07) is 0. The van der Waals surface area contributed by atoms with E-state index >= 15 is 0 Å². The van der Waals surface area contributed by atoms with Gasteiger partial charge in [-0.15, -0.1) is 0 Å². The highest BCUT2D eigenvalue weighted by Gasteiger charge is 2.31. The van der Waals surface area contributed by atoms with Crippen molar-refractivity contribution in [3.63, 3.8) is 0 Å². The molecule has 1 atom stereocenters. The van der Waals surface area contributed by atoms with Crippen LogP contribution in [0.3, 0.4) is 0 Å². The van der Waals surface area contributed by atoms with E-state index < -0.39 is 29.4 Å². The molecule has 0 aromatic rings. The van der Waals surface area contributed by atoms with E-state index in [4.69, 9.17) is 15.2 Å². The van der Waals surface area contributed by atoms with Crippen LogP contribution in [0.4, 0.5) is 8.78 Å². The third kappa shape index (κ3) is 12.7. The van der Waals surface area contributed by atoms with Gasteiger partial charge in [0.15, 0.2) is 0 Å². The minimum absolute atomic E-state index is 0.332. The summed E-state index contributed by atoms with van der Waals surface area (Å²) in [5.41, 5.74) is -2.01. The number of aliphatic hydroxyl groups is 2. The Balaban J connectivity index is 0. The topological polar surface area (TPSA) is 69.9 Å². The molecule has 0 spiro atoms. The zero-order valence-electron chi connectivity index (χ0n) is 10.5. The quantitative estimate of drug-likeness (QED) is 0.388. The fraction of sp³-hybridized carbons (Fsp3) is 1.00. The van der Waals surface area contributed by atoms with Gasteiger partial charge in [0, 0.05) is 6.42 Å². The van der Waals surface area contributed by atoms with Crippen molar-refractivity contribution in [3.05, 3.63) is 0 Å². The lowest BCUT2D eigenvalue weighted by molar-refractivity contribution is -0.107. The number of alkyl halides is 3. The highest BCUT2D eigenvalue weighted by molar-refractivity contribution is 14.1. The van der Waals surface area contributed by atoms with Gasteiger partial charge in [-0.3, -0.25) is 0 Å². The lowest BCUT2D eigenvalue weighted by Crippen LogP contribution is -2.44. The maximum absolute atomic E-state index is 11.4. The molecule has 0 heterocycles. The lowest BCUT2D eigenvalue weighted by Gasteiger charge is -2.31. The van der Waals surface area contributed by atoms with E-state index in [1.807, 2.05) is 0 Å². The van der Waals surface area contributed by atoms with Crippen molar-refractivity contribution in [2.45, 2.75) is 55.9 Å². The molecule has 0 radical (unpaired) electrons. The van der Waals surface area contributed by atoms with Crippen LogP contribution in [-0.2, 0) is 4.65 Å². The van der Waals surface area contributed by atoms with E-state index in [9.17, 15) is 8.78 Å². The van der Waals surface area contributed by atoms with Crippen molar-refractivity contribution in [1.29, 1.82) is 0 Å². The molecule has 1 unspecified atom stereocenters. The van der Waals surface area contributed by atoms with Crippen LogP contribution in [-0.4, -0.2) is 44.7 Å². The molecule has 0 saturated heterocycles. The smallest absolute Gasteiger partial charge is 0.430 e. The second-order valence-electron chi connectivity index (χ2n) is 4.45. The minimum Gasteiger partial charge on any atom is -0.430 e. The van der Waals surface area contributed by atoms with Crippen LogP contribution in [0.2, 0.25) is 0 Å². The Morgan fingerprint density at radius 2 is 1.53 bits per heavy atom. The summed E-state index contributed by atoms with van der Waals surface area (Å²) >= 11 is 1.69. The summed E-state index contributed by atoms with van der Waals surface area (Å²) in [5.74, 6) is 0. The van der Waals surface area contributed by atoms with E-state index in [1.165, 1.54) is 0 Å². The van der Waals surface area contributed by atoms with Crippen molar-refractivity contribution < 1.29 is 28.7 Å². The van der Waals surface area contributed by atoms with Crippen LogP contribution < -0.4 is 0 Å². The van der Waals surface area contributed by atoms with Gasteiger partial charge in [-0.2, -0.15) is 0 Å². The molecule has 17 heavy (non-hydrogen) atoms. The van der Waals surface area contributed by atoms with Gasteiger partial charge in [0.25, 0.3) is 0 Å². The maximum atomic E-state index is 11.4. The van der Waals surface area contributed by atoms with Gasteiger partial charge in [-0.05, 0) is 27.7 Å². The van der Waals surface area contributed by atoms with Crippen molar-refractivity contribution in [1.82, 2.24) is 0 Å². The van der Waals surface area contributed by atoms with Crippen molar-refractivity contribution in [2.24, 2.45) is 0 Å². The summed E-state index contributed by atoms with van der Waals surface area (Å²) in [4.78, 5) is 0. The number of hydrogen-bond acceptors (Lipinski definition) is 4. The first kappa shape index (κ1) is 19.8. The van der Waals surface area contributed by atoms with Crippen LogP contribution in [0.5, 0.6) is 0 Å². The van der Waals surface area contributed by atoms with E-state index in [0.29, 0.717) is 0 Å². The molecule has 0 fully saturated rings. The average molecular weight is 368 g/mol. The van der Waals surface area contributed by atoms with Gasteiger partial charge in [0.05, 0.1) is 15.3 Å². The van der Waals surface area contributed by atoms with Crippen LogP contribution in [0.25, 0.3) is 0 Å². The van der Waals surface area contributed by atoms with E-state index in [0.717, 1.165) is 0 Å². The van der Waals surface area contributed by atoms with Gasteiger partial charge in [0.1, 0.15) is 0 Å². The molecule has 104 valence electrons. The Morgan fingerprint density at radius 1 is 1.18 bits per heavy atom. The van der Waals surface area contributed by atoms with Crippen LogP contribution >= 0.6 is 22.6 Å². The number of halogens is 3. The van der Waals surface area contributed by atoms with Crippen LogP contribution in [0, 0.1) is 0 Å². The molecule has 0 saturated carbocycles. The van der Waals surface area contributed by atoms with E-state index in [-0.39, 0.29) is 6.42 Å². The number of rotatable bonds is 5. The molecule has 0 bridgehead atoms. The second-order valence-corrected chi connectivity index (χ2v) is 5.84. The van der Waals surface area contributed by atoms with Crippen molar-refractivity contribution in [2.75, 3.05) is 0 Å². The zero-order chi connectivity index (χ0) is 14.3. The summed E-state index contributed by atoms with van der Waals surface area (Å²) < 4.78 is 26.7. The van der Waals surface area contributed by atoms with Crippen LogP contribution in [0.1, 0.15) is 34.1 Å². The molecule has 0 aromatic heterocycles. The third-order valence-corrected chi connectivity index (χ3v) is 2.98.